The van der Waals surface area contributed by atoms with Crippen LogP contribution in [0.1, 0.15) is 25.5 Å². The first kappa shape index (κ1) is 9.71. The van der Waals surface area contributed by atoms with E-state index >= 15 is 0 Å². The first-order chi connectivity index (χ1) is 7.16. The summed E-state index contributed by atoms with van der Waals surface area (Å²) < 4.78 is 1.79. The van der Waals surface area contributed by atoms with Crippen LogP contribution in [-0.4, -0.2) is 14.8 Å². The summed E-state index contributed by atoms with van der Waals surface area (Å²) in [6.45, 7) is 4.23. The second-order valence-corrected chi connectivity index (χ2v) is 3.82. The molecule has 0 aliphatic heterocycles. The molecular formula is C11H14N4. The van der Waals surface area contributed by atoms with E-state index in [0.717, 1.165) is 11.4 Å². The summed E-state index contributed by atoms with van der Waals surface area (Å²) >= 11 is 0. The van der Waals surface area contributed by atoms with Crippen molar-refractivity contribution >= 4 is 5.69 Å². The molecule has 0 aromatic carbocycles. The van der Waals surface area contributed by atoms with Crippen molar-refractivity contribution in [1.82, 2.24) is 14.8 Å². The zero-order valence-electron chi connectivity index (χ0n) is 8.88. The van der Waals surface area contributed by atoms with Crippen molar-refractivity contribution in [3.63, 3.8) is 0 Å². The third-order valence-electron chi connectivity index (χ3n) is 2.21. The Kier molecular flexibility index (Phi) is 2.41. The van der Waals surface area contributed by atoms with E-state index in [9.17, 15) is 0 Å². The Morgan fingerprint density at radius 2 is 2.13 bits per heavy atom. The molecule has 2 N–H and O–H groups in total. The Bertz CT molecular complexity index is 459. The molecule has 2 rings (SSSR count). The van der Waals surface area contributed by atoms with Gasteiger partial charge in [0.2, 0.25) is 0 Å². The number of rotatable bonds is 2. The van der Waals surface area contributed by atoms with Crippen LogP contribution in [0.15, 0.2) is 30.7 Å². The molecule has 78 valence electrons. The van der Waals surface area contributed by atoms with Crippen LogP contribution in [-0.2, 0) is 0 Å². The van der Waals surface area contributed by atoms with Crippen molar-refractivity contribution in [3.05, 3.63) is 36.4 Å². The SMILES string of the molecule is CC(C)c1ccn(-c2cncc(N)c2)n1. The standard InChI is InChI=1S/C11H14N4/c1-8(2)11-3-4-15(14-11)10-5-9(12)6-13-7-10/h3-8H,12H2,1-2H3. The van der Waals surface area contributed by atoms with Crippen LogP contribution in [0.4, 0.5) is 5.69 Å². The fraction of sp³-hybridized carbons (Fsp3) is 0.273. The highest BCUT2D eigenvalue weighted by Crippen LogP contribution is 2.14. The van der Waals surface area contributed by atoms with Gasteiger partial charge in [0.05, 0.1) is 23.3 Å². The first-order valence-electron chi connectivity index (χ1n) is 4.93. The van der Waals surface area contributed by atoms with Crippen molar-refractivity contribution in [2.24, 2.45) is 0 Å². The Labute approximate surface area is 88.8 Å². The molecule has 0 bridgehead atoms. The minimum atomic E-state index is 0.431. The van der Waals surface area contributed by atoms with Gasteiger partial charge in [0.15, 0.2) is 0 Å². The number of hydrogen-bond donors (Lipinski definition) is 1. The predicted molar refractivity (Wildman–Crippen MR) is 59.9 cm³/mol. The number of nitrogens with zero attached hydrogens (tertiary/aromatic N) is 3. The van der Waals surface area contributed by atoms with E-state index in [1.165, 1.54) is 0 Å². The molecule has 0 radical (unpaired) electrons. The van der Waals surface area contributed by atoms with Gasteiger partial charge in [-0.1, -0.05) is 13.8 Å². The molecule has 0 amide bonds. The molecule has 0 aliphatic rings. The fourth-order valence-corrected chi connectivity index (χ4v) is 1.36. The van der Waals surface area contributed by atoms with Gasteiger partial charge in [-0.05, 0) is 18.1 Å². The van der Waals surface area contributed by atoms with E-state index < -0.39 is 0 Å². The van der Waals surface area contributed by atoms with Gasteiger partial charge in [0, 0.05) is 12.4 Å². The lowest BCUT2D eigenvalue weighted by atomic mass is 10.1. The van der Waals surface area contributed by atoms with Crippen LogP contribution in [0.5, 0.6) is 0 Å². The second kappa shape index (κ2) is 3.73. The number of nitrogen functional groups attached to an aromatic ring is 1. The fourth-order valence-electron chi connectivity index (χ4n) is 1.36. The molecule has 2 aromatic heterocycles. The summed E-state index contributed by atoms with van der Waals surface area (Å²) in [6.07, 6.45) is 5.29. The summed E-state index contributed by atoms with van der Waals surface area (Å²) in [7, 11) is 0. The molecule has 4 heteroatoms. The number of nitrogens with two attached hydrogens (primary N) is 1. The monoisotopic (exact) mass is 202 g/mol. The van der Waals surface area contributed by atoms with Gasteiger partial charge >= 0.3 is 0 Å². The van der Waals surface area contributed by atoms with Gasteiger partial charge in [0.1, 0.15) is 0 Å². The second-order valence-electron chi connectivity index (χ2n) is 3.82. The third-order valence-corrected chi connectivity index (χ3v) is 2.21. The van der Waals surface area contributed by atoms with E-state index in [1.54, 1.807) is 17.1 Å². The van der Waals surface area contributed by atoms with Gasteiger partial charge in [0.25, 0.3) is 0 Å². The molecule has 2 heterocycles. The first-order valence-corrected chi connectivity index (χ1v) is 4.93. The number of hydrogen-bond acceptors (Lipinski definition) is 3. The minimum Gasteiger partial charge on any atom is -0.397 e. The van der Waals surface area contributed by atoms with E-state index in [-0.39, 0.29) is 0 Å². The quantitative estimate of drug-likeness (QED) is 0.810. The van der Waals surface area contributed by atoms with Gasteiger partial charge in [-0.2, -0.15) is 5.10 Å². The molecule has 0 unspecified atom stereocenters. The highest BCUT2D eigenvalue weighted by atomic mass is 15.3. The predicted octanol–water partition coefficient (Wildman–Crippen LogP) is 1.97. The van der Waals surface area contributed by atoms with Crippen LogP contribution in [0.25, 0.3) is 5.69 Å². The average Bonchev–Trinajstić information content (AvgIpc) is 2.66. The molecule has 2 aromatic rings. The number of pyridine rings is 1. The molecule has 0 atom stereocenters. The summed E-state index contributed by atoms with van der Waals surface area (Å²) in [5, 5.41) is 4.44. The van der Waals surface area contributed by atoms with Crippen LogP contribution in [0.2, 0.25) is 0 Å². The lowest BCUT2D eigenvalue weighted by Crippen LogP contribution is -1.99. The Morgan fingerprint density at radius 3 is 2.73 bits per heavy atom. The molecule has 15 heavy (non-hydrogen) atoms. The van der Waals surface area contributed by atoms with Gasteiger partial charge < -0.3 is 5.73 Å². The van der Waals surface area contributed by atoms with E-state index in [2.05, 4.69) is 23.9 Å². The smallest absolute Gasteiger partial charge is 0.0849 e. The molecular weight excluding hydrogens is 188 g/mol. The average molecular weight is 202 g/mol. The summed E-state index contributed by atoms with van der Waals surface area (Å²) in [5.74, 6) is 0.431. The summed E-state index contributed by atoms with van der Waals surface area (Å²) in [6, 6.07) is 3.86. The van der Waals surface area contributed by atoms with Crippen LogP contribution in [0.3, 0.4) is 0 Å². The van der Waals surface area contributed by atoms with Crippen molar-refractivity contribution < 1.29 is 0 Å². The number of aromatic nitrogens is 3. The van der Waals surface area contributed by atoms with Crippen LogP contribution in [0, 0.1) is 0 Å². The van der Waals surface area contributed by atoms with Crippen molar-refractivity contribution in [1.29, 1.82) is 0 Å². The minimum absolute atomic E-state index is 0.431. The summed E-state index contributed by atoms with van der Waals surface area (Å²) in [4.78, 5) is 4.03. The maximum Gasteiger partial charge on any atom is 0.0849 e. The van der Waals surface area contributed by atoms with Gasteiger partial charge in [-0.25, -0.2) is 4.68 Å². The highest BCUT2D eigenvalue weighted by Gasteiger charge is 2.04. The molecule has 0 saturated heterocycles. The third kappa shape index (κ3) is 1.98. The lowest BCUT2D eigenvalue weighted by Gasteiger charge is -2.02. The van der Waals surface area contributed by atoms with Gasteiger partial charge in [-0.15, -0.1) is 0 Å². The molecule has 4 nitrogen and oxygen atoms in total. The molecule has 0 fully saturated rings. The summed E-state index contributed by atoms with van der Waals surface area (Å²) in [5.41, 5.74) is 8.26. The Hall–Kier alpha value is -1.84. The molecule has 0 saturated carbocycles. The lowest BCUT2D eigenvalue weighted by molar-refractivity contribution is 0.767. The molecule has 0 spiro atoms. The van der Waals surface area contributed by atoms with Crippen LogP contribution >= 0.6 is 0 Å². The Balaban J connectivity index is 2.37. The van der Waals surface area contributed by atoms with Crippen molar-refractivity contribution in [2.75, 3.05) is 5.73 Å². The largest absolute Gasteiger partial charge is 0.397 e. The topological polar surface area (TPSA) is 56.7 Å². The van der Waals surface area contributed by atoms with E-state index in [1.807, 2.05) is 18.3 Å². The maximum atomic E-state index is 5.66. The highest BCUT2D eigenvalue weighted by molar-refractivity contribution is 5.43. The maximum absolute atomic E-state index is 5.66. The van der Waals surface area contributed by atoms with Crippen molar-refractivity contribution in [3.8, 4) is 5.69 Å². The molecule has 0 aliphatic carbocycles. The van der Waals surface area contributed by atoms with Crippen molar-refractivity contribution in [2.45, 2.75) is 19.8 Å². The Morgan fingerprint density at radius 1 is 1.33 bits per heavy atom. The van der Waals surface area contributed by atoms with E-state index in [4.69, 9.17) is 5.73 Å². The zero-order valence-corrected chi connectivity index (χ0v) is 8.88. The van der Waals surface area contributed by atoms with Gasteiger partial charge in [-0.3, -0.25) is 4.98 Å². The number of anilines is 1. The normalized spacial score (nSPS) is 10.9. The van der Waals surface area contributed by atoms with E-state index in [0.29, 0.717) is 11.6 Å². The zero-order chi connectivity index (χ0) is 10.8. The van der Waals surface area contributed by atoms with Crippen LogP contribution < -0.4 is 5.73 Å².